The zero-order chi connectivity index (χ0) is 12.1. The molecule has 16 heavy (non-hydrogen) atoms. The molecule has 0 aliphatic heterocycles. The van der Waals surface area contributed by atoms with Gasteiger partial charge in [-0.25, -0.2) is 0 Å². The van der Waals surface area contributed by atoms with Gasteiger partial charge in [0.15, 0.2) is 0 Å². The normalized spacial score (nSPS) is 42.1. The number of esters is 1. The fourth-order valence-corrected chi connectivity index (χ4v) is 3.65. The lowest BCUT2D eigenvalue weighted by Gasteiger charge is -2.38. The van der Waals surface area contributed by atoms with E-state index in [9.17, 15) is 4.79 Å². The third-order valence-electron chi connectivity index (χ3n) is 5.30. The van der Waals surface area contributed by atoms with Crippen LogP contribution in [0.1, 0.15) is 47.0 Å². The van der Waals surface area contributed by atoms with Gasteiger partial charge in [-0.05, 0) is 37.5 Å². The number of carbonyl (C=O) groups is 1. The molecule has 0 aromatic heterocycles. The Bertz CT molecular complexity index is 311. The first-order valence-corrected chi connectivity index (χ1v) is 7.05. The molecule has 0 radical (unpaired) electrons. The summed E-state index contributed by atoms with van der Waals surface area (Å²) in [7, 11) is 0. The fraction of sp³-hybridized carbons (Fsp3) is 0.923. The Kier molecular flexibility index (Phi) is 2.89. The van der Waals surface area contributed by atoms with E-state index in [0.717, 1.165) is 12.3 Å². The van der Waals surface area contributed by atoms with Crippen LogP contribution in [0.5, 0.6) is 0 Å². The molecule has 2 nitrogen and oxygen atoms in total. The Balaban J connectivity index is 2.13. The van der Waals surface area contributed by atoms with Crippen molar-refractivity contribution in [2.24, 2.45) is 16.7 Å². The lowest BCUT2D eigenvalue weighted by Crippen LogP contribution is -2.39. The van der Waals surface area contributed by atoms with E-state index in [1.54, 1.807) is 0 Å². The van der Waals surface area contributed by atoms with Gasteiger partial charge in [0.2, 0.25) is 0 Å². The molecular formula is C13H21BrO2. The molecular weight excluding hydrogens is 268 g/mol. The van der Waals surface area contributed by atoms with E-state index in [1.807, 2.05) is 6.92 Å². The maximum Gasteiger partial charge on any atom is 0.319 e. The van der Waals surface area contributed by atoms with Crippen LogP contribution in [0, 0.1) is 16.7 Å². The van der Waals surface area contributed by atoms with Crippen LogP contribution in [0.3, 0.4) is 0 Å². The SMILES string of the molecule is CC(Br)C(=O)OC1C[C@H]2CC[C@]1(C)C2(C)C. The van der Waals surface area contributed by atoms with E-state index in [4.69, 9.17) is 4.74 Å². The summed E-state index contributed by atoms with van der Waals surface area (Å²) in [5, 5.41) is 0. The maximum absolute atomic E-state index is 11.7. The van der Waals surface area contributed by atoms with Crippen molar-refractivity contribution in [3.05, 3.63) is 0 Å². The number of ether oxygens (including phenoxy) is 1. The minimum Gasteiger partial charge on any atom is -0.461 e. The van der Waals surface area contributed by atoms with Crippen LogP contribution < -0.4 is 0 Å². The zero-order valence-corrected chi connectivity index (χ0v) is 12.1. The summed E-state index contributed by atoms with van der Waals surface area (Å²) in [6.07, 6.45) is 3.66. The molecule has 2 aliphatic carbocycles. The highest BCUT2D eigenvalue weighted by atomic mass is 79.9. The second-order valence-corrected chi connectivity index (χ2v) is 7.53. The second-order valence-electron chi connectivity index (χ2n) is 6.15. The van der Waals surface area contributed by atoms with Gasteiger partial charge >= 0.3 is 5.97 Å². The Morgan fingerprint density at radius 1 is 1.44 bits per heavy atom. The number of halogens is 1. The lowest BCUT2D eigenvalue weighted by molar-refractivity contribution is -0.155. The molecule has 0 saturated heterocycles. The van der Waals surface area contributed by atoms with Gasteiger partial charge in [0.05, 0.1) is 0 Å². The van der Waals surface area contributed by atoms with Crippen molar-refractivity contribution in [2.45, 2.75) is 57.9 Å². The van der Waals surface area contributed by atoms with Crippen molar-refractivity contribution in [1.29, 1.82) is 0 Å². The minimum absolute atomic E-state index is 0.116. The first kappa shape index (κ1) is 12.4. The van der Waals surface area contributed by atoms with Crippen LogP contribution in [0.25, 0.3) is 0 Å². The van der Waals surface area contributed by atoms with Gasteiger partial charge < -0.3 is 4.74 Å². The van der Waals surface area contributed by atoms with E-state index < -0.39 is 0 Å². The van der Waals surface area contributed by atoms with Crippen molar-refractivity contribution in [3.8, 4) is 0 Å². The van der Waals surface area contributed by atoms with Gasteiger partial charge in [0, 0.05) is 5.41 Å². The standard InChI is InChI=1S/C13H21BrO2/c1-8(14)11(15)16-10-7-9-5-6-13(10,4)12(9,2)3/h8-10H,5-7H2,1-4H3/t8?,9-,10?,13+/m1/s1. The van der Waals surface area contributed by atoms with Crippen molar-refractivity contribution in [1.82, 2.24) is 0 Å². The van der Waals surface area contributed by atoms with Crippen LogP contribution in [0.4, 0.5) is 0 Å². The summed E-state index contributed by atoms with van der Waals surface area (Å²) in [4.78, 5) is 11.5. The molecule has 3 heteroatoms. The summed E-state index contributed by atoms with van der Waals surface area (Å²) in [6.45, 7) is 8.77. The highest BCUT2D eigenvalue weighted by Gasteiger charge is 2.62. The Morgan fingerprint density at radius 3 is 2.44 bits per heavy atom. The van der Waals surface area contributed by atoms with Gasteiger partial charge in [-0.3, -0.25) is 4.79 Å². The summed E-state index contributed by atoms with van der Waals surface area (Å²) < 4.78 is 5.66. The predicted octanol–water partition coefficient (Wildman–Crippen LogP) is 3.53. The van der Waals surface area contributed by atoms with Gasteiger partial charge in [-0.1, -0.05) is 36.7 Å². The highest BCUT2D eigenvalue weighted by molar-refractivity contribution is 9.10. The smallest absolute Gasteiger partial charge is 0.319 e. The number of fused-ring (bicyclic) bond motifs is 2. The van der Waals surface area contributed by atoms with Crippen molar-refractivity contribution >= 4 is 21.9 Å². The number of hydrogen-bond acceptors (Lipinski definition) is 2. The number of alkyl halides is 1. The lowest BCUT2D eigenvalue weighted by atomic mass is 9.70. The first-order chi connectivity index (χ1) is 7.29. The molecule has 0 amide bonds. The van der Waals surface area contributed by atoms with E-state index in [0.29, 0.717) is 5.41 Å². The van der Waals surface area contributed by atoms with Crippen LogP contribution in [0.2, 0.25) is 0 Å². The Morgan fingerprint density at radius 2 is 2.06 bits per heavy atom. The number of rotatable bonds is 2. The largest absolute Gasteiger partial charge is 0.461 e. The summed E-state index contributed by atoms with van der Waals surface area (Å²) >= 11 is 3.27. The van der Waals surface area contributed by atoms with E-state index in [1.165, 1.54) is 12.8 Å². The molecule has 0 N–H and O–H groups in total. The van der Waals surface area contributed by atoms with Crippen molar-refractivity contribution in [3.63, 3.8) is 0 Å². The third kappa shape index (κ3) is 1.54. The molecule has 92 valence electrons. The molecule has 2 saturated carbocycles. The molecule has 2 fully saturated rings. The quantitative estimate of drug-likeness (QED) is 0.574. The van der Waals surface area contributed by atoms with E-state index in [-0.39, 0.29) is 22.3 Å². The molecule has 0 heterocycles. The molecule has 0 spiro atoms. The highest BCUT2D eigenvalue weighted by Crippen LogP contribution is 2.66. The van der Waals surface area contributed by atoms with Crippen LogP contribution in [-0.2, 0) is 9.53 Å². The molecule has 2 rings (SSSR count). The van der Waals surface area contributed by atoms with Gasteiger partial charge in [-0.15, -0.1) is 0 Å². The van der Waals surface area contributed by atoms with Crippen LogP contribution >= 0.6 is 15.9 Å². The van der Waals surface area contributed by atoms with Gasteiger partial charge in [0.1, 0.15) is 10.9 Å². The van der Waals surface area contributed by atoms with Gasteiger partial charge in [-0.2, -0.15) is 0 Å². The average molecular weight is 289 g/mol. The first-order valence-electron chi connectivity index (χ1n) is 6.13. The Hall–Kier alpha value is -0.0500. The summed E-state index contributed by atoms with van der Waals surface area (Å²) in [5.41, 5.74) is 0.489. The molecule has 4 atom stereocenters. The predicted molar refractivity (Wildman–Crippen MR) is 67.5 cm³/mol. The zero-order valence-electron chi connectivity index (χ0n) is 10.5. The van der Waals surface area contributed by atoms with E-state index in [2.05, 4.69) is 36.7 Å². The third-order valence-corrected chi connectivity index (χ3v) is 5.67. The molecule has 0 aromatic rings. The minimum atomic E-state index is -0.196. The Labute approximate surface area is 106 Å². The monoisotopic (exact) mass is 288 g/mol. The van der Waals surface area contributed by atoms with Gasteiger partial charge in [0.25, 0.3) is 0 Å². The summed E-state index contributed by atoms with van der Waals surface area (Å²) in [5.74, 6) is 0.607. The molecule has 0 aromatic carbocycles. The fourth-order valence-electron chi connectivity index (χ4n) is 3.54. The van der Waals surface area contributed by atoms with Crippen LogP contribution in [-0.4, -0.2) is 16.9 Å². The number of hydrogen-bond donors (Lipinski definition) is 0. The van der Waals surface area contributed by atoms with Crippen LogP contribution in [0.15, 0.2) is 0 Å². The molecule has 2 unspecified atom stereocenters. The number of carbonyl (C=O) groups excluding carboxylic acids is 1. The van der Waals surface area contributed by atoms with Crippen molar-refractivity contribution in [2.75, 3.05) is 0 Å². The van der Waals surface area contributed by atoms with Crippen molar-refractivity contribution < 1.29 is 9.53 Å². The summed E-state index contributed by atoms with van der Waals surface area (Å²) in [6, 6.07) is 0. The molecule has 2 bridgehead atoms. The maximum atomic E-state index is 11.7. The second kappa shape index (κ2) is 3.72. The topological polar surface area (TPSA) is 26.3 Å². The molecule has 2 aliphatic rings. The average Bonchev–Trinajstić information content (AvgIpc) is 2.50. The van der Waals surface area contributed by atoms with E-state index >= 15 is 0 Å².